The van der Waals surface area contributed by atoms with Crippen LogP contribution in [0.15, 0.2) is 29.4 Å². The molecule has 2 aliphatic heterocycles. The maximum atomic E-state index is 12.1. The third-order valence-corrected chi connectivity index (χ3v) is 4.38. The van der Waals surface area contributed by atoms with Crippen molar-refractivity contribution in [1.82, 2.24) is 15.2 Å². The van der Waals surface area contributed by atoms with Gasteiger partial charge in [-0.25, -0.2) is 5.43 Å². The van der Waals surface area contributed by atoms with Gasteiger partial charge in [-0.1, -0.05) is 12.1 Å². The van der Waals surface area contributed by atoms with E-state index in [1.807, 2.05) is 24.3 Å². The Morgan fingerprint density at radius 3 is 2.50 bits per heavy atom. The Morgan fingerprint density at radius 2 is 1.88 bits per heavy atom. The molecular weight excluding hydrogens is 306 g/mol. The molecule has 128 valence electrons. The summed E-state index contributed by atoms with van der Waals surface area (Å²) in [5, 5.41) is 6.62. The van der Waals surface area contributed by atoms with Crippen LogP contribution in [-0.2, 0) is 16.1 Å². The minimum atomic E-state index is -0.262. The number of anilines is 1. The Labute approximate surface area is 141 Å². The Morgan fingerprint density at radius 1 is 1.17 bits per heavy atom. The average Bonchev–Trinajstić information content (AvgIpc) is 2.59. The van der Waals surface area contributed by atoms with Crippen LogP contribution < -0.4 is 10.7 Å². The Bertz CT molecular complexity index is 633. The number of rotatable bonds is 4. The number of hydrazone groups is 1. The Balaban J connectivity index is 1.53. The number of hydrogen-bond donors (Lipinski definition) is 2. The fraction of sp³-hybridized carbons (Fsp3) is 0.471. The minimum absolute atomic E-state index is 0.153. The fourth-order valence-electron chi connectivity index (χ4n) is 2.80. The number of nitrogens with zero attached hydrogens (tertiary/aromatic N) is 3. The molecule has 0 radical (unpaired) electrons. The molecule has 3 rings (SSSR count). The zero-order chi connectivity index (χ0) is 16.9. The molecule has 2 amide bonds. The van der Waals surface area contributed by atoms with Gasteiger partial charge in [-0.2, -0.15) is 5.10 Å². The van der Waals surface area contributed by atoms with Gasteiger partial charge in [0.05, 0.1) is 0 Å². The van der Waals surface area contributed by atoms with Crippen molar-refractivity contribution in [3.05, 3.63) is 29.8 Å². The number of carbonyl (C=O) groups excluding carboxylic acids is 2. The molecule has 2 N–H and O–H groups in total. The van der Waals surface area contributed by atoms with Gasteiger partial charge in [0.25, 0.3) is 5.91 Å². The lowest BCUT2D eigenvalue weighted by molar-refractivity contribution is -0.121. The topological polar surface area (TPSA) is 77.0 Å². The van der Waals surface area contributed by atoms with Crippen molar-refractivity contribution in [3.8, 4) is 0 Å². The van der Waals surface area contributed by atoms with Crippen LogP contribution in [0.5, 0.6) is 0 Å². The highest BCUT2D eigenvalue weighted by atomic mass is 16.2. The number of benzene rings is 1. The van der Waals surface area contributed by atoms with Crippen LogP contribution in [0, 0.1) is 0 Å². The van der Waals surface area contributed by atoms with Crippen molar-refractivity contribution < 1.29 is 9.59 Å². The van der Waals surface area contributed by atoms with Crippen molar-refractivity contribution in [1.29, 1.82) is 0 Å². The maximum absolute atomic E-state index is 12.1. The molecule has 0 unspecified atom stereocenters. The second kappa shape index (κ2) is 7.55. The summed E-state index contributed by atoms with van der Waals surface area (Å²) in [6, 6.07) is 7.90. The minimum Gasteiger partial charge on any atom is -0.321 e. The highest BCUT2D eigenvalue weighted by Crippen LogP contribution is 2.13. The quantitative estimate of drug-likeness (QED) is 0.850. The van der Waals surface area contributed by atoms with Gasteiger partial charge in [0.1, 0.15) is 5.71 Å². The van der Waals surface area contributed by atoms with E-state index in [0.717, 1.165) is 38.4 Å². The van der Waals surface area contributed by atoms with Crippen molar-refractivity contribution in [2.45, 2.75) is 19.4 Å². The van der Waals surface area contributed by atoms with Crippen LogP contribution in [0.3, 0.4) is 0 Å². The second-order valence-corrected chi connectivity index (χ2v) is 6.32. The van der Waals surface area contributed by atoms with Crippen LogP contribution in [0.2, 0.25) is 0 Å². The zero-order valence-corrected chi connectivity index (χ0v) is 13.9. The summed E-state index contributed by atoms with van der Waals surface area (Å²) >= 11 is 0. The van der Waals surface area contributed by atoms with Crippen molar-refractivity contribution in [2.75, 3.05) is 38.5 Å². The maximum Gasteiger partial charge on any atom is 0.271 e. The van der Waals surface area contributed by atoms with Gasteiger partial charge in [-0.15, -0.1) is 0 Å². The summed E-state index contributed by atoms with van der Waals surface area (Å²) in [4.78, 5) is 27.9. The fourth-order valence-corrected chi connectivity index (χ4v) is 2.80. The van der Waals surface area contributed by atoms with Gasteiger partial charge in [-0.05, 0) is 24.7 Å². The molecule has 24 heavy (non-hydrogen) atoms. The molecule has 1 aromatic carbocycles. The van der Waals surface area contributed by atoms with Gasteiger partial charge in [0, 0.05) is 51.3 Å². The average molecular weight is 329 g/mol. The molecule has 1 aromatic rings. The van der Waals surface area contributed by atoms with Crippen molar-refractivity contribution in [2.24, 2.45) is 5.10 Å². The molecule has 0 spiro atoms. The van der Waals surface area contributed by atoms with Crippen LogP contribution in [0.4, 0.5) is 5.69 Å². The van der Waals surface area contributed by atoms with Crippen LogP contribution in [0.1, 0.15) is 18.4 Å². The largest absolute Gasteiger partial charge is 0.321 e. The summed E-state index contributed by atoms with van der Waals surface area (Å²) in [5.41, 5.74) is 4.67. The van der Waals surface area contributed by atoms with Gasteiger partial charge in [0.2, 0.25) is 5.91 Å². The van der Waals surface area contributed by atoms with Gasteiger partial charge in [0.15, 0.2) is 0 Å². The summed E-state index contributed by atoms with van der Waals surface area (Å²) in [7, 11) is 2.15. The molecule has 7 heteroatoms. The first kappa shape index (κ1) is 16.6. The number of nitrogens with one attached hydrogen (secondary N) is 2. The highest BCUT2D eigenvalue weighted by Gasteiger charge is 2.18. The summed E-state index contributed by atoms with van der Waals surface area (Å²) in [6.45, 7) is 5.31. The molecule has 1 fully saturated rings. The number of hydrogen-bond acceptors (Lipinski definition) is 5. The predicted molar refractivity (Wildman–Crippen MR) is 92.7 cm³/mol. The third kappa shape index (κ3) is 4.39. The van der Waals surface area contributed by atoms with E-state index in [9.17, 15) is 9.59 Å². The summed E-state index contributed by atoms with van der Waals surface area (Å²) in [6.07, 6.45) is 0.676. The lowest BCUT2D eigenvalue weighted by atomic mass is 10.1. The van der Waals surface area contributed by atoms with Gasteiger partial charge < -0.3 is 10.2 Å². The standard InChI is InChI=1S/C17H23N5O2/c1-21-8-10-22(11-9-21)12-13-2-4-14(5-3-13)18-17(24)15-6-7-16(23)20-19-15/h2-5H,6-12H2,1H3,(H,18,24)(H,20,23). The number of amides is 2. The molecule has 7 nitrogen and oxygen atoms in total. The van der Waals surface area contributed by atoms with Crippen LogP contribution in [0.25, 0.3) is 0 Å². The first-order valence-corrected chi connectivity index (χ1v) is 8.27. The normalized spacial score (nSPS) is 19.5. The molecule has 2 heterocycles. The molecule has 0 saturated carbocycles. The first-order chi connectivity index (χ1) is 11.6. The van der Waals surface area contributed by atoms with Gasteiger partial charge >= 0.3 is 0 Å². The van der Waals surface area contributed by atoms with Crippen LogP contribution in [-0.4, -0.2) is 60.6 Å². The second-order valence-electron chi connectivity index (χ2n) is 6.32. The Kier molecular flexibility index (Phi) is 5.22. The number of piperazine rings is 1. The molecule has 0 aromatic heterocycles. The third-order valence-electron chi connectivity index (χ3n) is 4.38. The lowest BCUT2D eigenvalue weighted by Gasteiger charge is -2.32. The lowest BCUT2D eigenvalue weighted by Crippen LogP contribution is -2.43. The monoisotopic (exact) mass is 329 g/mol. The molecule has 0 atom stereocenters. The van der Waals surface area contributed by atoms with E-state index in [0.29, 0.717) is 18.6 Å². The van der Waals surface area contributed by atoms with E-state index >= 15 is 0 Å². The SMILES string of the molecule is CN1CCN(Cc2ccc(NC(=O)C3=NNC(=O)CC3)cc2)CC1. The van der Waals surface area contributed by atoms with E-state index in [4.69, 9.17) is 0 Å². The zero-order valence-electron chi connectivity index (χ0n) is 13.9. The van der Waals surface area contributed by atoms with Crippen molar-refractivity contribution >= 4 is 23.2 Å². The first-order valence-electron chi connectivity index (χ1n) is 8.27. The van der Waals surface area contributed by atoms with E-state index in [2.05, 4.69) is 32.7 Å². The predicted octanol–water partition coefficient (Wildman–Crippen LogP) is 0.639. The smallest absolute Gasteiger partial charge is 0.271 e. The molecule has 2 aliphatic rings. The summed E-state index contributed by atoms with van der Waals surface area (Å²) in [5.74, 6) is -0.415. The van der Waals surface area contributed by atoms with E-state index in [1.54, 1.807) is 0 Å². The molecule has 0 bridgehead atoms. The van der Waals surface area contributed by atoms with E-state index in [-0.39, 0.29) is 11.8 Å². The van der Waals surface area contributed by atoms with Crippen molar-refractivity contribution in [3.63, 3.8) is 0 Å². The van der Waals surface area contributed by atoms with Gasteiger partial charge in [-0.3, -0.25) is 14.5 Å². The molecule has 0 aliphatic carbocycles. The number of likely N-dealkylation sites (N-methyl/N-ethyl adjacent to an activating group) is 1. The van der Waals surface area contributed by atoms with Crippen LogP contribution >= 0.6 is 0 Å². The van der Waals surface area contributed by atoms with E-state index < -0.39 is 0 Å². The molecule has 1 saturated heterocycles. The Hall–Kier alpha value is -2.25. The summed E-state index contributed by atoms with van der Waals surface area (Å²) < 4.78 is 0. The van der Waals surface area contributed by atoms with E-state index in [1.165, 1.54) is 5.56 Å². The number of carbonyl (C=O) groups is 2. The molecular formula is C17H23N5O2. The highest BCUT2D eigenvalue weighted by molar-refractivity contribution is 6.43.